The number of halogens is 1. The fraction of sp³-hybridized carbons (Fsp3) is 0.269. The van der Waals surface area contributed by atoms with Crippen LogP contribution in [0.5, 0.6) is 0 Å². The van der Waals surface area contributed by atoms with Crippen LogP contribution in [-0.2, 0) is 4.79 Å². The molecule has 1 atom stereocenters. The van der Waals surface area contributed by atoms with Gasteiger partial charge in [-0.15, -0.1) is 0 Å². The third-order valence-electron chi connectivity index (χ3n) is 5.88. The Bertz CT molecular complexity index is 825. The van der Waals surface area contributed by atoms with E-state index in [4.69, 9.17) is 11.2 Å². The quantitative estimate of drug-likeness (QED) is 0.381. The zero-order valence-corrected chi connectivity index (χ0v) is 18.9. The first-order valence-electron chi connectivity index (χ1n) is 10.4. The molecule has 0 fully saturated rings. The van der Waals surface area contributed by atoms with Gasteiger partial charge in [0.1, 0.15) is 0 Å². The van der Waals surface area contributed by atoms with Gasteiger partial charge in [0, 0.05) is 0 Å². The molecule has 0 heterocycles. The summed E-state index contributed by atoms with van der Waals surface area (Å²) < 4.78 is 0. The number of unbranched alkanes of at least 4 members (excludes halogenated alkanes) is 1. The first-order valence-corrected chi connectivity index (χ1v) is 13.8. The molecule has 0 amide bonds. The second-order valence-electron chi connectivity index (χ2n) is 7.86. The van der Waals surface area contributed by atoms with Gasteiger partial charge in [0.15, 0.2) is 0 Å². The Morgan fingerprint density at radius 2 is 1.17 bits per heavy atom. The molecule has 0 aliphatic heterocycles. The zero-order chi connectivity index (χ0) is 20.8. The van der Waals surface area contributed by atoms with Gasteiger partial charge >= 0.3 is 180 Å². The Morgan fingerprint density at radius 1 is 0.793 bits per heavy atom. The van der Waals surface area contributed by atoms with Crippen molar-refractivity contribution in [3.63, 3.8) is 0 Å². The van der Waals surface area contributed by atoms with Crippen LogP contribution in [0, 0.1) is 5.92 Å². The molecule has 0 N–H and O–H groups in total. The maximum atomic E-state index is 13.5. The molecule has 29 heavy (non-hydrogen) atoms. The second kappa shape index (κ2) is 9.24. The van der Waals surface area contributed by atoms with E-state index >= 15 is 0 Å². The maximum absolute atomic E-state index is 13.5. The molecule has 3 heteroatoms. The van der Waals surface area contributed by atoms with E-state index in [1.807, 2.05) is 54.6 Å². The topological polar surface area (TPSA) is 17.1 Å². The Hall–Kier alpha value is -1.95. The van der Waals surface area contributed by atoms with E-state index in [1.54, 1.807) is 0 Å². The summed E-state index contributed by atoms with van der Waals surface area (Å²) in [6.45, 7) is 4.22. The fourth-order valence-electron chi connectivity index (χ4n) is 4.06. The van der Waals surface area contributed by atoms with E-state index in [9.17, 15) is 4.79 Å². The molecule has 152 valence electrons. The minimum atomic E-state index is -3.48. The number of rotatable bonds is 9. The van der Waals surface area contributed by atoms with Crippen molar-refractivity contribution in [3.05, 3.63) is 91.0 Å². The van der Waals surface area contributed by atoms with Gasteiger partial charge in [-0.2, -0.15) is 0 Å². The van der Waals surface area contributed by atoms with Gasteiger partial charge < -0.3 is 0 Å². The van der Waals surface area contributed by atoms with Crippen molar-refractivity contribution in [1.29, 1.82) is 0 Å². The van der Waals surface area contributed by atoms with Crippen LogP contribution in [0.15, 0.2) is 91.0 Å². The Kier molecular flexibility index (Phi) is 6.93. The summed E-state index contributed by atoms with van der Waals surface area (Å²) in [6.07, 6.45) is 3.42. The number of benzene rings is 3. The Balaban J connectivity index is 2.26. The first-order chi connectivity index (χ1) is 14.0. The summed E-state index contributed by atoms with van der Waals surface area (Å²) in [5, 5.41) is 3.15. The van der Waals surface area contributed by atoms with Gasteiger partial charge in [-0.25, -0.2) is 0 Å². The number of carbonyl (C=O) groups is 1. The number of carbonyl (C=O) groups excluding carboxylic acids is 1. The molecule has 0 spiro atoms. The summed E-state index contributed by atoms with van der Waals surface area (Å²) in [7, 11) is 0. The number of hydrogen-bond donors (Lipinski definition) is 0. The molecular formula is C26H30ClOP. The second-order valence-corrected chi connectivity index (χ2v) is 14.3. The summed E-state index contributed by atoms with van der Waals surface area (Å²) in [4.78, 5) is 13.5. The summed E-state index contributed by atoms with van der Waals surface area (Å²) in [5.41, 5.74) is 0. The van der Waals surface area contributed by atoms with Crippen molar-refractivity contribution in [3.8, 4) is 0 Å². The molecule has 0 aliphatic carbocycles. The van der Waals surface area contributed by atoms with Crippen LogP contribution in [0.2, 0.25) is 0 Å². The van der Waals surface area contributed by atoms with Crippen LogP contribution in [0.1, 0.15) is 33.1 Å². The normalized spacial score (nSPS) is 14.0. The van der Waals surface area contributed by atoms with Crippen LogP contribution in [-0.4, -0.2) is 11.9 Å². The van der Waals surface area contributed by atoms with Gasteiger partial charge in [0.25, 0.3) is 0 Å². The molecule has 3 rings (SSSR count). The molecule has 1 nitrogen and oxygen atoms in total. The van der Waals surface area contributed by atoms with E-state index in [-0.39, 0.29) is 11.7 Å². The van der Waals surface area contributed by atoms with Crippen molar-refractivity contribution in [1.82, 2.24) is 0 Å². The predicted molar refractivity (Wildman–Crippen MR) is 130 cm³/mol. The average molecular weight is 425 g/mol. The Morgan fingerprint density at radius 3 is 1.52 bits per heavy atom. The molecule has 3 aromatic carbocycles. The zero-order valence-electron chi connectivity index (χ0n) is 17.3. The summed E-state index contributed by atoms with van der Waals surface area (Å²) in [5.74, 6) is -3.22. The molecule has 0 aliphatic rings. The third kappa shape index (κ3) is 4.18. The van der Waals surface area contributed by atoms with E-state index in [2.05, 4.69) is 50.2 Å². The van der Waals surface area contributed by atoms with Gasteiger partial charge in [0.05, 0.1) is 0 Å². The van der Waals surface area contributed by atoms with E-state index < -0.39 is 5.96 Å². The number of hydrogen-bond acceptors (Lipinski definition) is 1. The third-order valence-corrected chi connectivity index (χ3v) is 13.0. The number of Topliss-reactive ketones (excluding diaryl/α,β-unsaturated/α-hetero) is 1. The number of ketones is 1. The average Bonchev–Trinajstić information content (AvgIpc) is 2.79. The summed E-state index contributed by atoms with van der Waals surface area (Å²) in [6, 6.07) is 30.7. The standard InChI is InChI=1S/C26H30ClOP/c1-3-4-14-22(2)26(28)21-29(27,23-15-8-5-9-16-23,24-17-10-6-11-18-24)25-19-12-7-13-20-25/h5-13,15-20,22H,3-4,14,21H2,1-2H3. The molecule has 0 saturated heterocycles. The minimum absolute atomic E-state index is 0.00587. The molecule has 0 saturated carbocycles. The van der Waals surface area contributed by atoms with E-state index in [0.29, 0.717) is 6.16 Å². The van der Waals surface area contributed by atoms with Crippen LogP contribution >= 0.6 is 17.2 Å². The van der Waals surface area contributed by atoms with Crippen molar-refractivity contribution in [2.75, 3.05) is 6.16 Å². The van der Waals surface area contributed by atoms with E-state index in [0.717, 1.165) is 35.2 Å². The van der Waals surface area contributed by atoms with E-state index in [1.165, 1.54) is 0 Å². The van der Waals surface area contributed by atoms with Crippen molar-refractivity contribution >= 4 is 38.9 Å². The van der Waals surface area contributed by atoms with Crippen LogP contribution < -0.4 is 15.9 Å². The van der Waals surface area contributed by atoms with Gasteiger partial charge in [-0.1, -0.05) is 0 Å². The summed E-state index contributed by atoms with van der Waals surface area (Å²) >= 11 is 7.96. The SMILES string of the molecule is CCCCC(C)C(=O)CP(Cl)(c1ccccc1)(c1ccccc1)c1ccccc1. The molecule has 0 radical (unpaired) electrons. The molecular weight excluding hydrogens is 395 g/mol. The van der Waals surface area contributed by atoms with Crippen LogP contribution in [0.4, 0.5) is 0 Å². The van der Waals surface area contributed by atoms with Crippen molar-refractivity contribution in [2.24, 2.45) is 5.92 Å². The molecule has 3 aromatic rings. The van der Waals surface area contributed by atoms with Gasteiger partial charge in [-0.3, -0.25) is 0 Å². The monoisotopic (exact) mass is 424 g/mol. The molecule has 0 aromatic heterocycles. The fourth-order valence-corrected chi connectivity index (χ4v) is 10.1. The molecule has 1 unspecified atom stereocenters. The van der Waals surface area contributed by atoms with Gasteiger partial charge in [0.2, 0.25) is 0 Å². The van der Waals surface area contributed by atoms with Crippen LogP contribution in [0.3, 0.4) is 0 Å². The predicted octanol–water partition coefficient (Wildman–Crippen LogP) is 6.07. The Labute approximate surface area is 179 Å². The van der Waals surface area contributed by atoms with Crippen LogP contribution in [0.25, 0.3) is 0 Å². The van der Waals surface area contributed by atoms with Gasteiger partial charge in [-0.05, 0) is 0 Å². The van der Waals surface area contributed by atoms with Crippen molar-refractivity contribution < 1.29 is 4.79 Å². The first kappa shape index (κ1) is 21.8. The molecule has 0 bridgehead atoms. The van der Waals surface area contributed by atoms with Crippen molar-refractivity contribution in [2.45, 2.75) is 33.1 Å².